The molecule has 0 radical (unpaired) electrons. The van der Waals surface area contributed by atoms with E-state index in [0.29, 0.717) is 12.6 Å². The molecule has 1 unspecified atom stereocenters. The summed E-state index contributed by atoms with van der Waals surface area (Å²) in [5.41, 5.74) is 1.30. The topological polar surface area (TPSA) is 41.6 Å². The quantitative estimate of drug-likeness (QED) is 0.840. The second kappa shape index (κ2) is 7.90. The minimum atomic E-state index is -0.169. The van der Waals surface area contributed by atoms with Crippen molar-refractivity contribution in [2.75, 3.05) is 26.2 Å². The normalized spacial score (nSPS) is 18.9. The summed E-state index contributed by atoms with van der Waals surface area (Å²) < 4.78 is 5.28. The van der Waals surface area contributed by atoms with Crippen LogP contribution >= 0.6 is 0 Å². The summed E-state index contributed by atoms with van der Waals surface area (Å²) >= 11 is 0. The highest BCUT2D eigenvalue weighted by Crippen LogP contribution is 2.09. The molecule has 2 rings (SSSR count). The number of nitrogens with one attached hydrogen (secondary N) is 1. The number of rotatable bonds is 5. The Balaban J connectivity index is 1.80. The highest BCUT2D eigenvalue weighted by molar-refractivity contribution is 5.67. The van der Waals surface area contributed by atoms with Crippen molar-refractivity contribution in [2.24, 2.45) is 0 Å². The Morgan fingerprint density at radius 2 is 2.20 bits per heavy atom. The third kappa shape index (κ3) is 4.53. The van der Waals surface area contributed by atoms with Crippen LogP contribution in [0.1, 0.15) is 25.3 Å². The lowest BCUT2D eigenvalue weighted by Gasteiger charge is -2.33. The fraction of sp³-hybridized carbons (Fsp3) is 0.562. The van der Waals surface area contributed by atoms with E-state index < -0.39 is 0 Å². The van der Waals surface area contributed by atoms with Gasteiger partial charge in [0.2, 0.25) is 0 Å². The minimum absolute atomic E-state index is 0.169. The van der Waals surface area contributed by atoms with E-state index in [0.717, 1.165) is 38.9 Å². The van der Waals surface area contributed by atoms with Gasteiger partial charge in [-0.25, -0.2) is 4.79 Å². The first-order chi connectivity index (χ1) is 9.79. The van der Waals surface area contributed by atoms with Gasteiger partial charge < -0.3 is 15.0 Å². The third-order valence-corrected chi connectivity index (χ3v) is 3.56. The molecular formula is C16H24N2O2. The number of amides is 1. The van der Waals surface area contributed by atoms with E-state index in [-0.39, 0.29) is 6.09 Å². The van der Waals surface area contributed by atoms with Crippen molar-refractivity contribution < 1.29 is 9.53 Å². The molecule has 0 aliphatic carbocycles. The Kier molecular flexibility index (Phi) is 5.87. The van der Waals surface area contributed by atoms with E-state index in [2.05, 4.69) is 36.5 Å². The number of carbonyl (C=O) groups is 1. The number of unbranched alkanes of at least 4 members (excludes halogenated alkanes) is 1. The maximum atomic E-state index is 11.9. The Hall–Kier alpha value is -1.55. The summed E-state index contributed by atoms with van der Waals surface area (Å²) in [6, 6.07) is 10.7. The van der Waals surface area contributed by atoms with Crippen LogP contribution in [-0.2, 0) is 11.2 Å². The lowest BCUT2D eigenvalue weighted by Crippen LogP contribution is -2.53. The lowest BCUT2D eigenvalue weighted by molar-refractivity contribution is 0.0894. The molecule has 1 aromatic rings. The molecule has 4 heteroatoms. The van der Waals surface area contributed by atoms with Crippen molar-refractivity contribution in [3.8, 4) is 0 Å². The number of ether oxygens (including phenoxy) is 1. The molecule has 1 fully saturated rings. The van der Waals surface area contributed by atoms with Crippen molar-refractivity contribution in [3.05, 3.63) is 35.9 Å². The van der Waals surface area contributed by atoms with Crippen molar-refractivity contribution >= 4 is 6.09 Å². The van der Waals surface area contributed by atoms with Crippen LogP contribution in [0.25, 0.3) is 0 Å². The SMILES string of the molecule is CCCCOC(=O)N1CCNC(Cc2ccccc2)C1. The Morgan fingerprint density at radius 1 is 1.40 bits per heavy atom. The zero-order valence-electron chi connectivity index (χ0n) is 12.2. The van der Waals surface area contributed by atoms with E-state index in [4.69, 9.17) is 4.74 Å². The molecule has 1 aromatic carbocycles. The number of hydrogen-bond donors (Lipinski definition) is 1. The van der Waals surface area contributed by atoms with Crippen LogP contribution < -0.4 is 5.32 Å². The second-order valence-electron chi connectivity index (χ2n) is 5.25. The molecule has 1 amide bonds. The van der Waals surface area contributed by atoms with Crippen LogP contribution in [0.4, 0.5) is 4.79 Å². The monoisotopic (exact) mass is 276 g/mol. The predicted octanol–water partition coefficient (Wildman–Crippen LogP) is 2.44. The number of benzene rings is 1. The van der Waals surface area contributed by atoms with Crippen molar-refractivity contribution in [1.29, 1.82) is 0 Å². The van der Waals surface area contributed by atoms with E-state index in [1.165, 1.54) is 5.56 Å². The molecule has 20 heavy (non-hydrogen) atoms. The lowest BCUT2D eigenvalue weighted by atomic mass is 10.0. The predicted molar refractivity (Wildman–Crippen MR) is 79.8 cm³/mol. The van der Waals surface area contributed by atoms with Gasteiger partial charge in [0.25, 0.3) is 0 Å². The second-order valence-corrected chi connectivity index (χ2v) is 5.25. The summed E-state index contributed by atoms with van der Waals surface area (Å²) in [5, 5.41) is 3.47. The summed E-state index contributed by atoms with van der Waals surface area (Å²) in [4.78, 5) is 13.8. The maximum Gasteiger partial charge on any atom is 0.409 e. The highest BCUT2D eigenvalue weighted by atomic mass is 16.6. The molecule has 0 bridgehead atoms. The summed E-state index contributed by atoms with van der Waals surface area (Å²) in [7, 11) is 0. The van der Waals surface area contributed by atoms with Gasteiger partial charge in [0.1, 0.15) is 0 Å². The molecule has 0 spiro atoms. The van der Waals surface area contributed by atoms with Crippen molar-refractivity contribution in [2.45, 2.75) is 32.2 Å². The van der Waals surface area contributed by atoms with Gasteiger partial charge in [-0.15, -0.1) is 0 Å². The molecule has 1 saturated heterocycles. The molecule has 1 N–H and O–H groups in total. The van der Waals surface area contributed by atoms with Crippen LogP contribution in [-0.4, -0.2) is 43.3 Å². The zero-order valence-corrected chi connectivity index (χ0v) is 12.2. The standard InChI is InChI=1S/C16H24N2O2/c1-2-3-11-20-16(19)18-10-9-17-15(13-18)12-14-7-5-4-6-8-14/h4-8,15,17H,2-3,9-13H2,1H3. The van der Waals surface area contributed by atoms with Gasteiger partial charge in [-0.3, -0.25) is 0 Å². The number of nitrogens with zero attached hydrogens (tertiary/aromatic N) is 1. The summed E-state index contributed by atoms with van der Waals surface area (Å²) in [6.45, 7) is 4.91. The van der Waals surface area contributed by atoms with E-state index in [1.54, 1.807) is 0 Å². The van der Waals surface area contributed by atoms with Gasteiger partial charge in [-0.05, 0) is 18.4 Å². The molecule has 0 aromatic heterocycles. The molecule has 1 atom stereocenters. The average Bonchev–Trinajstić information content (AvgIpc) is 2.49. The minimum Gasteiger partial charge on any atom is -0.449 e. The van der Waals surface area contributed by atoms with E-state index in [1.807, 2.05) is 11.0 Å². The smallest absolute Gasteiger partial charge is 0.409 e. The Bertz CT molecular complexity index is 408. The maximum absolute atomic E-state index is 11.9. The van der Waals surface area contributed by atoms with Crippen LogP contribution in [0, 0.1) is 0 Å². The molecule has 1 aliphatic heterocycles. The molecule has 110 valence electrons. The van der Waals surface area contributed by atoms with Gasteiger partial charge >= 0.3 is 6.09 Å². The molecule has 0 saturated carbocycles. The van der Waals surface area contributed by atoms with Gasteiger partial charge in [0.05, 0.1) is 6.61 Å². The first-order valence-electron chi connectivity index (χ1n) is 7.48. The van der Waals surface area contributed by atoms with E-state index in [9.17, 15) is 4.79 Å². The Morgan fingerprint density at radius 3 is 2.95 bits per heavy atom. The number of piperazine rings is 1. The van der Waals surface area contributed by atoms with Gasteiger partial charge in [-0.1, -0.05) is 43.7 Å². The van der Waals surface area contributed by atoms with Gasteiger partial charge in [0, 0.05) is 25.7 Å². The van der Waals surface area contributed by atoms with Crippen LogP contribution in [0.15, 0.2) is 30.3 Å². The van der Waals surface area contributed by atoms with Crippen LogP contribution in [0.3, 0.4) is 0 Å². The van der Waals surface area contributed by atoms with Crippen molar-refractivity contribution in [3.63, 3.8) is 0 Å². The molecule has 1 heterocycles. The van der Waals surface area contributed by atoms with Crippen molar-refractivity contribution in [1.82, 2.24) is 10.2 Å². The van der Waals surface area contributed by atoms with Gasteiger partial charge in [0.15, 0.2) is 0 Å². The van der Waals surface area contributed by atoms with Crippen LogP contribution in [0.5, 0.6) is 0 Å². The third-order valence-electron chi connectivity index (χ3n) is 3.56. The largest absolute Gasteiger partial charge is 0.449 e. The fourth-order valence-corrected chi connectivity index (χ4v) is 2.42. The van der Waals surface area contributed by atoms with E-state index >= 15 is 0 Å². The summed E-state index contributed by atoms with van der Waals surface area (Å²) in [6.07, 6.45) is 2.76. The molecule has 4 nitrogen and oxygen atoms in total. The Labute approximate surface area is 121 Å². The first-order valence-corrected chi connectivity index (χ1v) is 7.48. The highest BCUT2D eigenvalue weighted by Gasteiger charge is 2.24. The average molecular weight is 276 g/mol. The van der Waals surface area contributed by atoms with Crippen LogP contribution in [0.2, 0.25) is 0 Å². The molecule has 1 aliphatic rings. The number of carbonyl (C=O) groups excluding carboxylic acids is 1. The fourth-order valence-electron chi connectivity index (χ4n) is 2.42. The van der Waals surface area contributed by atoms with Gasteiger partial charge in [-0.2, -0.15) is 0 Å². The zero-order chi connectivity index (χ0) is 14.2. The number of hydrogen-bond acceptors (Lipinski definition) is 3. The molecular weight excluding hydrogens is 252 g/mol. The summed E-state index contributed by atoms with van der Waals surface area (Å²) in [5.74, 6) is 0. The first kappa shape index (κ1) is 14.9.